The first kappa shape index (κ1) is 13.8. The van der Waals surface area contributed by atoms with E-state index in [-0.39, 0.29) is 6.01 Å². The molecule has 0 radical (unpaired) electrons. The predicted molar refractivity (Wildman–Crippen MR) is 69.6 cm³/mol. The average Bonchev–Trinajstić information content (AvgIpc) is 2.46. The van der Waals surface area contributed by atoms with Crippen molar-refractivity contribution in [1.29, 1.82) is 0 Å². The summed E-state index contributed by atoms with van der Waals surface area (Å²) in [4.78, 5) is 12.4. The van der Waals surface area contributed by atoms with E-state index in [1.165, 1.54) is 7.11 Å². The maximum Gasteiger partial charge on any atom is 0.324 e. The third-order valence-electron chi connectivity index (χ3n) is 2.90. The first-order valence-electron chi connectivity index (χ1n) is 6.56. The molecule has 1 aromatic rings. The van der Waals surface area contributed by atoms with Crippen LogP contribution in [0.3, 0.4) is 0 Å². The van der Waals surface area contributed by atoms with Gasteiger partial charge in [0.15, 0.2) is 0 Å². The normalized spacial score (nSPS) is 16.1. The van der Waals surface area contributed by atoms with Gasteiger partial charge in [0.2, 0.25) is 5.95 Å². The Labute approximate surface area is 112 Å². The number of aromatic nitrogens is 3. The topological polar surface area (TPSA) is 78.4 Å². The second kappa shape index (κ2) is 7.08. The monoisotopic (exact) mass is 268 g/mol. The molecular formula is C12H20N4O3. The van der Waals surface area contributed by atoms with Crippen molar-refractivity contribution in [3.8, 4) is 12.0 Å². The van der Waals surface area contributed by atoms with E-state index < -0.39 is 0 Å². The molecule has 0 aliphatic carbocycles. The number of methoxy groups -OCH3 is 1. The summed E-state index contributed by atoms with van der Waals surface area (Å²) in [6.45, 7) is 4.90. The van der Waals surface area contributed by atoms with Crippen molar-refractivity contribution in [3.63, 3.8) is 0 Å². The van der Waals surface area contributed by atoms with E-state index in [1.807, 2.05) is 6.92 Å². The lowest BCUT2D eigenvalue weighted by molar-refractivity contribution is 0.0481. The Morgan fingerprint density at radius 3 is 2.63 bits per heavy atom. The van der Waals surface area contributed by atoms with Gasteiger partial charge in [-0.05, 0) is 25.7 Å². The zero-order chi connectivity index (χ0) is 13.5. The van der Waals surface area contributed by atoms with Gasteiger partial charge < -0.3 is 19.5 Å². The van der Waals surface area contributed by atoms with Gasteiger partial charge in [-0.25, -0.2) is 0 Å². The van der Waals surface area contributed by atoms with Gasteiger partial charge in [0.1, 0.15) is 0 Å². The first-order valence-corrected chi connectivity index (χ1v) is 6.56. The lowest BCUT2D eigenvalue weighted by Gasteiger charge is -2.21. The second-order valence-corrected chi connectivity index (χ2v) is 4.33. The summed E-state index contributed by atoms with van der Waals surface area (Å²) in [5.41, 5.74) is 0. The number of rotatable bonds is 6. The molecule has 1 aliphatic rings. The van der Waals surface area contributed by atoms with Crippen LogP contribution in [-0.2, 0) is 4.74 Å². The van der Waals surface area contributed by atoms with E-state index in [1.54, 1.807) is 0 Å². The standard InChI is InChI=1S/C12H20N4O3/c1-3-13-10-14-11(17-2)16-12(15-10)19-8-9-4-6-18-7-5-9/h9H,3-8H2,1-2H3,(H,13,14,15,16). The Morgan fingerprint density at radius 2 is 1.95 bits per heavy atom. The van der Waals surface area contributed by atoms with Gasteiger partial charge in [0, 0.05) is 19.8 Å². The van der Waals surface area contributed by atoms with Gasteiger partial charge in [-0.2, -0.15) is 9.97 Å². The lowest BCUT2D eigenvalue weighted by Crippen LogP contribution is -2.22. The molecule has 1 aromatic heterocycles. The van der Waals surface area contributed by atoms with Crippen molar-refractivity contribution in [2.45, 2.75) is 19.8 Å². The summed E-state index contributed by atoms with van der Waals surface area (Å²) < 4.78 is 16.0. The van der Waals surface area contributed by atoms with Gasteiger partial charge in [-0.15, -0.1) is 4.98 Å². The van der Waals surface area contributed by atoms with E-state index in [0.29, 0.717) is 24.5 Å². The molecule has 106 valence electrons. The summed E-state index contributed by atoms with van der Waals surface area (Å²) in [6, 6.07) is 0.558. The van der Waals surface area contributed by atoms with Crippen molar-refractivity contribution in [1.82, 2.24) is 15.0 Å². The first-order chi connectivity index (χ1) is 9.31. The Kier molecular flexibility index (Phi) is 5.14. The summed E-state index contributed by atoms with van der Waals surface area (Å²) in [5, 5.41) is 3.02. The zero-order valence-electron chi connectivity index (χ0n) is 11.4. The Balaban J connectivity index is 1.95. The highest BCUT2D eigenvalue weighted by atomic mass is 16.5. The number of anilines is 1. The molecule has 1 fully saturated rings. The van der Waals surface area contributed by atoms with Crippen molar-refractivity contribution in [3.05, 3.63) is 0 Å². The van der Waals surface area contributed by atoms with Gasteiger partial charge >= 0.3 is 12.0 Å². The maximum absolute atomic E-state index is 5.64. The molecule has 0 saturated carbocycles. The van der Waals surface area contributed by atoms with E-state index in [2.05, 4.69) is 20.3 Å². The Bertz CT molecular complexity index is 397. The van der Waals surface area contributed by atoms with Crippen molar-refractivity contribution in [2.75, 3.05) is 38.8 Å². The predicted octanol–water partition coefficient (Wildman–Crippen LogP) is 1.12. The molecule has 0 spiro atoms. The quantitative estimate of drug-likeness (QED) is 0.828. The number of hydrogen-bond donors (Lipinski definition) is 1. The largest absolute Gasteiger partial charge is 0.467 e. The van der Waals surface area contributed by atoms with Crippen LogP contribution in [0.5, 0.6) is 12.0 Å². The molecule has 2 rings (SSSR count). The fourth-order valence-electron chi connectivity index (χ4n) is 1.84. The van der Waals surface area contributed by atoms with E-state index in [0.717, 1.165) is 32.6 Å². The molecule has 0 unspecified atom stereocenters. The molecule has 2 heterocycles. The molecule has 7 nitrogen and oxygen atoms in total. The van der Waals surface area contributed by atoms with E-state index in [4.69, 9.17) is 14.2 Å². The molecular weight excluding hydrogens is 248 g/mol. The molecule has 0 bridgehead atoms. The summed E-state index contributed by atoms with van der Waals surface area (Å²) in [5.74, 6) is 0.968. The number of nitrogens with one attached hydrogen (secondary N) is 1. The highest BCUT2D eigenvalue weighted by Gasteiger charge is 2.16. The summed E-state index contributed by atoms with van der Waals surface area (Å²) >= 11 is 0. The molecule has 0 amide bonds. The Morgan fingerprint density at radius 1 is 1.21 bits per heavy atom. The van der Waals surface area contributed by atoms with Gasteiger partial charge in [0.05, 0.1) is 13.7 Å². The fourth-order valence-corrected chi connectivity index (χ4v) is 1.84. The van der Waals surface area contributed by atoms with Crippen LogP contribution in [0.4, 0.5) is 5.95 Å². The van der Waals surface area contributed by atoms with E-state index >= 15 is 0 Å². The summed E-state index contributed by atoms with van der Waals surface area (Å²) in [7, 11) is 1.52. The van der Waals surface area contributed by atoms with Crippen molar-refractivity contribution in [2.24, 2.45) is 5.92 Å². The maximum atomic E-state index is 5.64. The molecule has 1 saturated heterocycles. The molecule has 1 N–H and O–H groups in total. The van der Waals surface area contributed by atoms with Crippen molar-refractivity contribution < 1.29 is 14.2 Å². The average molecular weight is 268 g/mol. The highest BCUT2D eigenvalue weighted by Crippen LogP contribution is 2.17. The molecule has 1 aliphatic heterocycles. The minimum atomic E-state index is 0.257. The van der Waals surface area contributed by atoms with E-state index in [9.17, 15) is 0 Å². The lowest BCUT2D eigenvalue weighted by atomic mass is 10.0. The van der Waals surface area contributed by atoms with Crippen LogP contribution in [-0.4, -0.2) is 48.4 Å². The zero-order valence-corrected chi connectivity index (χ0v) is 11.4. The van der Waals surface area contributed by atoms with Crippen LogP contribution < -0.4 is 14.8 Å². The number of ether oxygens (including phenoxy) is 3. The van der Waals surface area contributed by atoms with Gasteiger partial charge in [-0.3, -0.25) is 0 Å². The molecule has 0 aromatic carbocycles. The van der Waals surface area contributed by atoms with Gasteiger partial charge in [-0.1, -0.05) is 0 Å². The third-order valence-corrected chi connectivity index (χ3v) is 2.90. The smallest absolute Gasteiger partial charge is 0.324 e. The van der Waals surface area contributed by atoms with Crippen molar-refractivity contribution >= 4 is 5.95 Å². The minimum absolute atomic E-state index is 0.257. The Hall–Kier alpha value is -1.63. The van der Waals surface area contributed by atoms with Crippen LogP contribution in [0.2, 0.25) is 0 Å². The number of nitrogens with zero attached hydrogens (tertiary/aromatic N) is 3. The van der Waals surface area contributed by atoms with Crippen LogP contribution in [0.15, 0.2) is 0 Å². The summed E-state index contributed by atoms with van der Waals surface area (Å²) in [6.07, 6.45) is 2.03. The third kappa shape index (κ3) is 4.20. The van der Waals surface area contributed by atoms with Crippen LogP contribution in [0.25, 0.3) is 0 Å². The second-order valence-electron chi connectivity index (χ2n) is 4.33. The van der Waals surface area contributed by atoms with Gasteiger partial charge in [0.25, 0.3) is 0 Å². The minimum Gasteiger partial charge on any atom is -0.467 e. The molecule has 19 heavy (non-hydrogen) atoms. The fraction of sp³-hybridized carbons (Fsp3) is 0.750. The number of hydrogen-bond acceptors (Lipinski definition) is 7. The van der Waals surface area contributed by atoms with Crippen LogP contribution in [0, 0.1) is 5.92 Å². The molecule has 0 atom stereocenters. The SMILES string of the molecule is CCNc1nc(OC)nc(OCC2CCOCC2)n1. The highest BCUT2D eigenvalue weighted by molar-refractivity contribution is 5.27. The van der Waals surface area contributed by atoms with Crippen LogP contribution in [0.1, 0.15) is 19.8 Å². The molecule has 7 heteroatoms. The van der Waals surface area contributed by atoms with Crippen LogP contribution >= 0.6 is 0 Å².